The van der Waals surface area contributed by atoms with E-state index in [0.29, 0.717) is 38.5 Å². The SMILES string of the molecule is O=C(NCc1ccnc(N2CCCC2)c1)N1CCN(c2ncc(C(F)(F)F)cc2Cl)CC1. The number of hydrogen-bond donors (Lipinski definition) is 1. The van der Waals surface area contributed by atoms with Crippen molar-refractivity contribution in [1.82, 2.24) is 20.2 Å². The van der Waals surface area contributed by atoms with E-state index >= 15 is 0 Å². The molecule has 0 saturated carbocycles. The molecule has 0 unspecified atom stereocenters. The number of halogens is 4. The van der Waals surface area contributed by atoms with Crippen molar-refractivity contribution in [2.45, 2.75) is 25.6 Å². The largest absolute Gasteiger partial charge is 0.417 e. The average molecular weight is 469 g/mol. The van der Waals surface area contributed by atoms with E-state index in [9.17, 15) is 18.0 Å². The van der Waals surface area contributed by atoms with Crippen LogP contribution < -0.4 is 15.1 Å². The van der Waals surface area contributed by atoms with Gasteiger partial charge in [0.1, 0.15) is 11.6 Å². The number of anilines is 2. The van der Waals surface area contributed by atoms with Crippen molar-refractivity contribution in [2.75, 3.05) is 49.1 Å². The summed E-state index contributed by atoms with van der Waals surface area (Å²) in [4.78, 5) is 26.6. The highest BCUT2D eigenvalue weighted by atomic mass is 35.5. The number of alkyl halides is 3. The minimum Gasteiger partial charge on any atom is -0.357 e. The highest BCUT2D eigenvalue weighted by Crippen LogP contribution is 2.33. The highest BCUT2D eigenvalue weighted by Gasteiger charge is 2.32. The van der Waals surface area contributed by atoms with Gasteiger partial charge in [0.2, 0.25) is 0 Å². The first-order valence-corrected chi connectivity index (χ1v) is 10.9. The predicted octanol–water partition coefficient (Wildman–Crippen LogP) is 3.78. The van der Waals surface area contributed by atoms with Crippen LogP contribution in [0.4, 0.5) is 29.6 Å². The van der Waals surface area contributed by atoms with Crippen molar-refractivity contribution < 1.29 is 18.0 Å². The van der Waals surface area contributed by atoms with E-state index in [2.05, 4.69) is 20.2 Å². The summed E-state index contributed by atoms with van der Waals surface area (Å²) in [7, 11) is 0. The molecule has 2 aliphatic rings. The molecular weight excluding hydrogens is 445 g/mol. The number of carbonyl (C=O) groups excluding carboxylic acids is 1. The molecule has 2 saturated heterocycles. The number of amides is 2. The predicted molar refractivity (Wildman–Crippen MR) is 116 cm³/mol. The zero-order valence-corrected chi connectivity index (χ0v) is 18.2. The highest BCUT2D eigenvalue weighted by molar-refractivity contribution is 6.33. The van der Waals surface area contributed by atoms with Gasteiger partial charge in [-0.05, 0) is 36.6 Å². The minimum atomic E-state index is -4.49. The molecule has 4 rings (SSSR count). The Morgan fingerprint density at radius 3 is 2.41 bits per heavy atom. The second kappa shape index (κ2) is 9.40. The smallest absolute Gasteiger partial charge is 0.357 e. The normalized spacial score (nSPS) is 17.1. The van der Waals surface area contributed by atoms with Gasteiger partial charge in [-0.3, -0.25) is 0 Å². The number of hydrogen-bond acceptors (Lipinski definition) is 5. The van der Waals surface area contributed by atoms with Gasteiger partial charge in [-0.25, -0.2) is 14.8 Å². The summed E-state index contributed by atoms with van der Waals surface area (Å²) >= 11 is 6.04. The van der Waals surface area contributed by atoms with E-state index in [-0.39, 0.29) is 11.1 Å². The summed E-state index contributed by atoms with van der Waals surface area (Å²) in [5, 5.41) is 2.88. The molecule has 4 heterocycles. The van der Waals surface area contributed by atoms with Crippen LogP contribution in [0.3, 0.4) is 0 Å². The fraction of sp³-hybridized carbons (Fsp3) is 0.476. The lowest BCUT2D eigenvalue weighted by Crippen LogP contribution is -2.52. The van der Waals surface area contributed by atoms with Crippen molar-refractivity contribution >= 4 is 29.3 Å². The van der Waals surface area contributed by atoms with E-state index in [1.807, 2.05) is 12.1 Å². The minimum absolute atomic E-state index is 0.0516. The lowest BCUT2D eigenvalue weighted by molar-refractivity contribution is -0.137. The topological polar surface area (TPSA) is 64.6 Å². The summed E-state index contributed by atoms with van der Waals surface area (Å²) < 4.78 is 38.4. The Labute approximate surface area is 189 Å². The van der Waals surface area contributed by atoms with Gasteiger partial charge in [0.25, 0.3) is 0 Å². The number of rotatable bonds is 4. The maximum Gasteiger partial charge on any atom is 0.417 e. The van der Waals surface area contributed by atoms with Crippen molar-refractivity contribution in [1.29, 1.82) is 0 Å². The number of aromatic nitrogens is 2. The fourth-order valence-corrected chi connectivity index (χ4v) is 4.20. The molecule has 0 aliphatic carbocycles. The van der Waals surface area contributed by atoms with Crippen LogP contribution >= 0.6 is 11.6 Å². The summed E-state index contributed by atoms with van der Waals surface area (Å²) in [5.41, 5.74) is 0.0999. The zero-order chi connectivity index (χ0) is 22.7. The van der Waals surface area contributed by atoms with Crippen molar-refractivity contribution in [3.8, 4) is 0 Å². The van der Waals surface area contributed by atoms with Crippen molar-refractivity contribution in [3.63, 3.8) is 0 Å². The number of nitrogens with one attached hydrogen (secondary N) is 1. The third kappa shape index (κ3) is 5.17. The molecule has 2 aliphatic heterocycles. The van der Waals surface area contributed by atoms with Crippen molar-refractivity contribution in [2.24, 2.45) is 0 Å². The quantitative estimate of drug-likeness (QED) is 0.740. The maximum atomic E-state index is 12.8. The Balaban J connectivity index is 1.29. The van der Waals surface area contributed by atoms with Gasteiger partial charge in [-0.1, -0.05) is 11.6 Å². The second-order valence-corrected chi connectivity index (χ2v) is 8.28. The first kappa shape index (κ1) is 22.4. The molecule has 7 nitrogen and oxygen atoms in total. The van der Waals surface area contributed by atoms with Crippen LogP contribution in [0.25, 0.3) is 0 Å². The third-order valence-electron chi connectivity index (χ3n) is 5.70. The molecule has 172 valence electrons. The molecule has 2 aromatic heterocycles. The lowest BCUT2D eigenvalue weighted by atomic mass is 10.2. The van der Waals surface area contributed by atoms with Crippen LogP contribution in [0.5, 0.6) is 0 Å². The fourth-order valence-electron chi connectivity index (χ4n) is 3.92. The zero-order valence-electron chi connectivity index (χ0n) is 17.4. The molecule has 11 heteroatoms. The molecule has 1 N–H and O–H groups in total. The van der Waals surface area contributed by atoms with Gasteiger partial charge in [0.15, 0.2) is 0 Å². The Morgan fingerprint density at radius 2 is 1.75 bits per heavy atom. The summed E-state index contributed by atoms with van der Waals surface area (Å²) in [6.07, 6.45) is 0.389. The monoisotopic (exact) mass is 468 g/mol. The maximum absolute atomic E-state index is 12.8. The molecule has 0 radical (unpaired) electrons. The Morgan fingerprint density at radius 1 is 1.03 bits per heavy atom. The van der Waals surface area contributed by atoms with E-state index < -0.39 is 11.7 Å². The molecular formula is C21H24ClF3N6O. The van der Waals surface area contributed by atoms with Crippen LogP contribution in [-0.2, 0) is 12.7 Å². The Kier molecular flexibility index (Phi) is 6.59. The molecule has 0 bridgehead atoms. The van der Waals surface area contributed by atoms with Gasteiger partial charge in [0, 0.05) is 58.2 Å². The van der Waals surface area contributed by atoms with E-state index in [0.717, 1.165) is 36.7 Å². The molecule has 2 aromatic rings. The van der Waals surface area contributed by atoms with Gasteiger partial charge < -0.3 is 20.0 Å². The van der Waals surface area contributed by atoms with Gasteiger partial charge >= 0.3 is 12.2 Å². The summed E-state index contributed by atoms with van der Waals surface area (Å²) in [5.74, 6) is 1.23. The first-order chi connectivity index (χ1) is 15.3. The van der Waals surface area contributed by atoms with Crippen LogP contribution in [0, 0.1) is 0 Å². The third-order valence-corrected chi connectivity index (χ3v) is 5.98. The molecule has 0 atom stereocenters. The molecule has 2 amide bonds. The Hall–Kier alpha value is -2.75. The molecule has 0 spiro atoms. The number of urea groups is 1. The summed E-state index contributed by atoms with van der Waals surface area (Å²) in [6, 6.07) is 4.59. The van der Waals surface area contributed by atoms with E-state index in [1.54, 1.807) is 16.0 Å². The Bertz CT molecular complexity index is 959. The number of pyridine rings is 2. The van der Waals surface area contributed by atoms with Crippen LogP contribution in [0.2, 0.25) is 5.02 Å². The second-order valence-electron chi connectivity index (χ2n) is 7.88. The molecule has 0 aromatic carbocycles. The first-order valence-electron chi connectivity index (χ1n) is 10.5. The number of piperazine rings is 1. The van der Waals surface area contributed by atoms with Gasteiger partial charge in [-0.15, -0.1) is 0 Å². The lowest BCUT2D eigenvalue weighted by Gasteiger charge is -2.35. The molecule has 2 fully saturated rings. The average Bonchev–Trinajstić information content (AvgIpc) is 3.32. The molecule has 32 heavy (non-hydrogen) atoms. The number of nitrogens with zero attached hydrogens (tertiary/aromatic N) is 5. The standard InChI is InChI=1S/C21H24ClF3N6O/c22-17-12-16(21(23,24)25)14-27-19(17)30-7-9-31(10-8-30)20(32)28-13-15-3-4-26-18(11-15)29-5-1-2-6-29/h3-4,11-12,14H,1-2,5-10,13H2,(H,28,32). The van der Waals surface area contributed by atoms with Gasteiger partial charge in [-0.2, -0.15) is 13.2 Å². The van der Waals surface area contributed by atoms with Crippen LogP contribution in [0.15, 0.2) is 30.6 Å². The summed E-state index contributed by atoms with van der Waals surface area (Å²) in [6.45, 7) is 4.10. The van der Waals surface area contributed by atoms with Crippen molar-refractivity contribution in [3.05, 3.63) is 46.7 Å². The van der Waals surface area contributed by atoms with Gasteiger partial charge in [0.05, 0.1) is 10.6 Å². The van der Waals surface area contributed by atoms with Crippen LogP contribution in [0.1, 0.15) is 24.0 Å². The number of carbonyl (C=O) groups is 1. The van der Waals surface area contributed by atoms with E-state index in [4.69, 9.17) is 11.6 Å². The van der Waals surface area contributed by atoms with Crippen LogP contribution in [-0.4, -0.2) is 60.2 Å². The van der Waals surface area contributed by atoms with E-state index in [1.165, 1.54) is 12.8 Å².